The molecule has 0 radical (unpaired) electrons. The van der Waals surface area contributed by atoms with Crippen molar-refractivity contribution in [1.82, 2.24) is 18.8 Å². The number of halogens is 2. The number of benzene rings is 1. The van der Waals surface area contributed by atoms with Crippen LogP contribution in [0.3, 0.4) is 0 Å². The molecule has 1 aliphatic carbocycles. The molecule has 4 heterocycles. The van der Waals surface area contributed by atoms with Crippen molar-refractivity contribution in [1.29, 1.82) is 0 Å². The van der Waals surface area contributed by atoms with Crippen molar-refractivity contribution in [3.63, 3.8) is 0 Å². The summed E-state index contributed by atoms with van der Waals surface area (Å²) in [6.07, 6.45) is 6.74. The lowest BCUT2D eigenvalue weighted by Gasteiger charge is -2.47. The minimum absolute atomic E-state index is 0.361. The number of hydrogen-bond donors (Lipinski definition) is 0. The largest absolute Gasteiger partial charge is 0.381 e. The first-order valence-corrected chi connectivity index (χ1v) is 9.34. The van der Waals surface area contributed by atoms with E-state index in [4.69, 9.17) is 28.0 Å². The molecule has 0 saturated carbocycles. The molecule has 3 atom stereocenters. The Labute approximate surface area is 169 Å². The maximum absolute atomic E-state index is 13.0. The van der Waals surface area contributed by atoms with Crippen LogP contribution < -0.4 is 11.4 Å². The van der Waals surface area contributed by atoms with Crippen molar-refractivity contribution < 1.29 is 4.84 Å². The van der Waals surface area contributed by atoms with Gasteiger partial charge in [-0.2, -0.15) is 4.68 Å². The number of amidine groups is 1. The Bertz CT molecular complexity index is 1200. The third-order valence-corrected chi connectivity index (χ3v) is 6.15. The standard InChI is InChI=1S/C18H15Cl2N5O3/c1-22-16(26)24-10-6-7-13-18(9-8-10,25(24)17(22)27)23(2)15(21-28-13)14-11(19)4-3-5-12(14)20/h3-10,13H,1-2H3/t10-,13+,18-/m0/s1. The summed E-state index contributed by atoms with van der Waals surface area (Å²) in [6, 6.07) is 4.75. The highest BCUT2D eigenvalue weighted by atomic mass is 35.5. The Morgan fingerprint density at radius 3 is 2.50 bits per heavy atom. The van der Waals surface area contributed by atoms with E-state index >= 15 is 0 Å². The lowest BCUT2D eigenvalue weighted by molar-refractivity contribution is -0.0686. The summed E-state index contributed by atoms with van der Waals surface area (Å²) in [4.78, 5) is 33.3. The average Bonchev–Trinajstić information content (AvgIpc) is 2.85. The number of likely N-dealkylation sites (N-methyl/N-ethyl adjacent to an activating group) is 1. The smallest absolute Gasteiger partial charge is 0.349 e. The third kappa shape index (κ3) is 1.94. The van der Waals surface area contributed by atoms with Gasteiger partial charge in [-0.25, -0.2) is 18.8 Å². The molecular weight excluding hydrogens is 405 g/mol. The first-order chi connectivity index (χ1) is 13.4. The lowest BCUT2D eigenvalue weighted by atomic mass is 9.98. The van der Waals surface area contributed by atoms with Crippen molar-refractivity contribution in [2.75, 3.05) is 7.05 Å². The van der Waals surface area contributed by atoms with Crippen molar-refractivity contribution in [2.24, 2.45) is 12.2 Å². The highest BCUT2D eigenvalue weighted by molar-refractivity contribution is 6.40. The minimum atomic E-state index is -1.14. The zero-order chi connectivity index (χ0) is 19.8. The van der Waals surface area contributed by atoms with Gasteiger partial charge in [0.25, 0.3) is 0 Å². The van der Waals surface area contributed by atoms with Crippen LogP contribution in [-0.2, 0) is 17.5 Å². The van der Waals surface area contributed by atoms with Crippen LogP contribution in [0.4, 0.5) is 0 Å². The predicted molar refractivity (Wildman–Crippen MR) is 105 cm³/mol. The summed E-state index contributed by atoms with van der Waals surface area (Å²) in [5.74, 6) is 0.361. The molecule has 1 spiro atoms. The van der Waals surface area contributed by atoms with Gasteiger partial charge < -0.3 is 9.74 Å². The van der Waals surface area contributed by atoms with Gasteiger partial charge in [-0.05, 0) is 24.3 Å². The molecule has 10 heteroatoms. The minimum Gasteiger partial charge on any atom is -0.381 e. The Morgan fingerprint density at radius 2 is 1.79 bits per heavy atom. The summed E-state index contributed by atoms with van der Waals surface area (Å²) < 4.78 is 3.93. The monoisotopic (exact) mass is 419 g/mol. The van der Waals surface area contributed by atoms with Gasteiger partial charge in [0.1, 0.15) is 0 Å². The lowest BCUT2D eigenvalue weighted by Crippen LogP contribution is -2.64. The van der Waals surface area contributed by atoms with Crippen molar-refractivity contribution in [3.05, 3.63) is 79.1 Å². The molecule has 2 bridgehead atoms. The molecule has 0 N–H and O–H groups in total. The molecule has 0 fully saturated rings. The molecule has 0 saturated heterocycles. The zero-order valence-corrected chi connectivity index (χ0v) is 16.4. The normalized spacial score (nSPS) is 27.1. The van der Waals surface area contributed by atoms with E-state index in [0.29, 0.717) is 21.4 Å². The highest BCUT2D eigenvalue weighted by Crippen LogP contribution is 2.41. The van der Waals surface area contributed by atoms with Crippen LogP contribution in [0.5, 0.6) is 0 Å². The van der Waals surface area contributed by atoms with Crippen LogP contribution in [0.25, 0.3) is 0 Å². The van der Waals surface area contributed by atoms with E-state index < -0.39 is 23.1 Å². The van der Waals surface area contributed by atoms with Crippen LogP contribution in [0, 0.1) is 0 Å². The number of nitrogens with zero attached hydrogens (tertiary/aromatic N) is 5. The molecule has 2 aromatic rings. The summed E-state index contributed by atoms with van der Waals surface area (Å²) in [7, 11) is 3.23. The second-order valence-electron chi connectivity index (χ2n) is 6.89. The molecule has 4 aliphatic rings. The topological polar surface area (TPSA) is 73.8 Å². The Hall–Kier alpha value is -2.71. The van der Waals surface area contributed by atoms with Gasteiger partial charge >= 0.3 is 11.4 Å². The fourth-order valence-corrected chi connectivity index (χ4v) is 4.64. The number of oxime groups is 1. The Balaban J connectivity index is 1.82. The van der Waals surface area contributed by atoms with E-state index in [9.17, 15) is 9.59 Å². The van der Waals surface area contributed by atoms with E-state index in [1.807, 2.05) is 24.3 Å². The van der Waals surface area contributed by atoms with Gasteiger partial charge in [0.2, 0.25) is 5.66 Å². The first-order valence-electron chi connectivity index (χ1n) is 8.58. The average molecular weight is 420 g/mol. The SMILES string of the molecule is CN1C(c2c(Cl)cccc2Cl)=NO[C@@H]2C=C[C@H]3C=C[C@]21n1c(=O)n(C)c(=O)n13. The maximum atomic E-state index is 13.0. The predicted octanol–water partition coefficient (Wildman–Crippen LogP) is 1.68. The van der Waals surface area contributed by atoms with Crippen LogP contribution >= 0.6 is 23.2 Å². The van der Waals surface area contributed by atoms with E-state index in [2.05, 4.69) is 5.16 Å². The van der Waals surface area contributed by atoms with Crippen LogP contribution in [0.2, 0.25) is 10.0 Å². The van der Waals surface area contributed by atoms with Crippen LogP contribution in [0.15, 0.2) is 57.2 Å². The van der Waals surface area contributed by atoms with Crippen molar-refractivity contribution >= 4 is 29.0 Å². The van der Waals surface area contributed by atoms with Gasteiger partial charge in [0.15, 0.2) is 11.9 Å². The fourth-order valence-electron chi connectivity index (χ4n) is 4.07. The molecule has 0 unspecified atom stereocenters. The summed E-state index contributed by atoms with van der Waals surface area (Å²) in [5, 5.41) is 5.05. The molecule has 3 aliphatic heterocycles. The quantitative estimate of drug-likeness (QED) is 0.659. The van der Waals surface area contributed by atoms with Gasteiger partial charge in [-0.1, -0.05) is 46.6 Å². The molecule has 1 aromatic carbocycles. The molecule has 144 valence electrons. The van der Waals surface area contributed by atoms with E-state index in [-0.39, 0.29) is 6.04 Å². The van der Waals surface area contributed by atoms with Gasteiger partial charge in [-0.15, -0.1) is 0 Å². The third-order valence-electron chi connectivity index (χ3n) is 5.52. The van der Waals surface area contributed by atoms with Crippen LogP contribution in [0.1, 0.15) is 11.6 Å². The van der Waals surface area contributed by atoms with Gasteiger partial charge in [0, 0.05) is 14.1 Å². The van der Waals surface area contributed by atoms with Crippen molar-refractivity contribution in [3.8, 4) is 0 Å². The molecule has 0 amide bonds. The van der Waals surface area contributed by atoms with E-state index in [1.54, 1.807) is 30.1 Å². The second kappa shape index (κ2) is 5.65. The molecular formula is C18H15Cl2N5O3. The maximum Gasteiger partial charge on any atom is 0.349 e. The van der Waals surface area contributed by atoms with E-state index in [0.717, 1.165) is 4.57 Å². The number of allylic oxidation sites excluding steroid dienone is 2. The van der Waals surface area contributed by atoms with Crippen molar-refractivity contribution in [2.45, 2.75) is 17.8 Å². The summed E-state index contributed by atoms with van der Waals surface area (Å²) in [6.45, 7) is 0. The molecule has 1 aromatic heterocycles. The van der Waals surface area contributed by atoms with Gasteiger partial charge in [-0.3, -0.25) is 0 Å². The van der Waals surface area contributed by atoms with Gasteiger partial charge in [0.05, 0.1) is 21.7 Å². The fraction of sp³-hybridized carbons (Fsp3) is 0.278. The van der Waals surface area contributed by atoms with Crippen LogP contribution in [-0.4, -0.2) is 37.8 Å². The number of hydrogen-bond acceptors (Lipinski definition) is 5. The second-order valence-corrected chi connectivity index (χ2v) is 7.71. The number of aromatic nitrogens is 3. The number of rotatable bonds is 1. The molecule has 8 nitrogen and oxygen atoms in total. The summed E-state index contributed by atoms with van der Waals surface area (Å²) >= 11 is 12.8. The first kappa shape index (κ1) is 17.4. The highest BCUT2D eigenvalue weighted by Gasteiger charge is 2.54. The molecule has 6 rings (SSSR count). The molecule has 28 heavy (non-hydrogen) atoms. The summed E-state index contributed by atoms with van der Waals surface area (Å²) in [5.41, 5.74) is -1.50. The Kier molecular flexibility index (Phi) is 3.51. The zero-order valence-electron chi connectivity index (χ0n) is 14.9. The Morgan fingerprint density at radius 1 is 1.07 bits per heavy atom. The van der Waals surface area contributed by atoms with E-state index in [1.165, 1.54) is 16.4 Å².